The van der Waals surface area contributed by atoms with Crippen LogP contribution in [0.3, 0.4) is 0 Å². The first kappa shape index (κ1) is 24.5. The van der Waals surface area contributed by atoms with E-state index in [1.54, 1.807) is 0 Å². The lowest BCUT2D eigenvalue weighted by Crippen LogP contribution is -2.51. The minimum absolute atomic E-state index is 0.0430. The number of carboxylic acid groups (broad SMARTS) is 1. The molecular weight excluding hydrogens is 428 g/mol. The van der Waals surface area contributed by atoms with Crippen molar-refractivity contribution in [3.8, 4) is 0 Å². The van der Waals surface area contributed by atoms with E-state index in [2.05, 4.69) is 53.7 Å². The van der Waals surface area contributed by atoms with E-state index in [4.69, 9.17) is 9.84 Å². The number of methoxy groups -OCH3 is 1. The first-order valence-corrected chi connectivity index (χ1v) is 12.9. The molecule has 3 aliphatic heterocycles. The molecule has 0 spiro atoms. The molecule has 0 aliphatic carbocycles. The van der Waals surface area contributed by atoms with Crippen molar-refractivity contribution >= 4 is 28.5 Å². The van der Waals surface area contributed by atoms with Gasteiger partial charge in [-0.05, 0) is 56.4 Å². The van der Waals surface area contributed by atoms with E-state index in [0.29, 0.717) is 18.2 Å². The van der Waals surface area contributed by atoms with Crippen LogP contribution in [0.5, 0.6) is 0 Å². The molecule has 0 amide bonds. The number of hydrogen-bond donors (Lipinski definition) is 1. The maximum Gasteiger partial charge on any atom is 0.354 e. The number of unbranched alkanes of at least 4 members (excludes halogenated alkanes) is 3. The maximum atomic E-state index is 12.7. The third-order valence-corrected chi connectivity index (χ3v) is 7.89. The summed E-state index contributed by atoms with van der Waals surface area (Å²) in [5.41, 5.74) is 4.67. The summed E-state index contributed by atoms with van der Waals surface area (Å²) in [4.78, 5) is 25.3. The van der Waals surface area contributed by atoms with Gasteiger partial charge in [-0.1, -0.05) is 51.3 Å². The highest BCUT2D eigenvalue weighted by Gasteiger charge is 2.51. The van der Waals surface area contributed by atoms with Gasteiger partial charge < -0.3 is 14.4 Å². The maximum absolute atomic E-state index is 12.7. The molecule has 0 unspecified atom stereocenters. The standard InChI is InChI=1S/C21H24N2O2.C7H14O2/c1-3-21-10-6-11-22-12-9-15-14-7-4-5-8-16(14)23(18(15)19(21)22)17(13-21)20(24)25-2;1-2-3-4-5-6-7(8)9/h4-5,7-8,13,19H,3,6,9-12H2,1-2H3;2-6H2,1H3,(H,8,9)/t19-,21+;/m1./s1. The van der Waals surface area contributed by atoms with E-state index in [-0.39, 0.29) is 11.4 Å². The van der Waals surface area contributed by atoms with Crippen LogP contribution < -0.4 is 0 Å². The van der Waals surface area contributed by atoms with E-state index < -0.39 is 5.97 Å². The summed E-state index contributed by atoms with van der Waals surface area (Å²) in [5, 5.41) is 9.51. The summed E-state index contributed by atoms with van der Waals surface area (Å²) in [6.45, 7) is 6.66. The predicted octanol–water partition coefficient (Wildman–Crippen LogP) is 5.80. The summed E-state index contributed by atoms with van der Waals surface area (Å²) < 4.78 is 7.38. The van der Waals surface area contributed by atoms with Crippen LogP contribution in [-0.2, 0) is 20.7 Å². The van der Waals surface area contributed by atoms with Crippen LogP contribution in [0.15, 0.2) is 30.3 Å². The highest BCUT2D eigenvalue weighted by atomic mass is 16.5. The van der Waals surface area contributed by atoms with E-state index >= 15 is 0 Å². The Kier molecular flexibility index (Phi) is 7.46. The summed E-state index contributed by atoms with van der Waals surface area (Å²) in [5.74, 6) is -0.899. The lowest BCUT2D eigenvalue weighted by Gasteiger charge is -2.53. The Bertz CT molecular complexity index is 1090. The van der Waals surface area contributed by atoms with E-state index in [9.17, 15) is 9.59 Å². The number of rotatable bonds is 7. The Morgan fingerprint density at radius 1 is 1.15 bits per heavy atom. The van der Waals surface area contributed by atoms with E-state index in [1.807, 2.05) is 0 Å². The lowest BCUT2D eigenvalue weighted by atomic mass is 9.66. The van der Waals surface area contributed by atoms with Gasteiger partial charge in [-0.15, -0.1) is 0 Å². The second-order valence-electron chi connectivity index (χ2n) is 9.82. The molecule has 1 saturated heterocycles. The fraction of sp³-hybridized carbons (Fsp3) is 0.571. The van der Waals surface area contributed by atoms with Crippen LogP contribution in [0, 0.1) is 5.41 Å². The van der Waals surface area contributed by atoms with Crippen molar-refractivity contribution in [3.05, 3.63) is 41.6 Å². The van der Waals surface area contributed by atoms with Crippen molar-refractivity contribution < 1.29 is 19.4 Å². The molecule has 2 aromatic rings. The molecule has 4 heterocycles. The van der Waals surface area contributed by atoms with Gasteiger partial charge in [0.25, 0.3) is 0 Å². The third kappa shape index (κ3) is 4.28. The number of benzene rings is 1. The van der Waals surface area contributed by atoms with Crippen LogP contribution in [0.25, 0.3) is 16.6 Å². The SMILES string of the molecule is CCCCCCC(=O)O.CC[C@@]12C=C(C(=O)OC)n3c4c(c5ccccc53)CCN(CCC1)[C@H]42. The molecule has 5 rings (SSSR count). The number of ether oxygens (including phenoxy) is 1. The molecular formula is C28H38N2O4. The fourth-order valence-corrected chi connectivity index (χ4v) is 6.24. The van der Waals surface area contributed by atoms with Crippen LogP contribution in [0.4, 0.5) is 0 Å². The molecule has 3 aliphatic rings. The first-order chi connectivity index (χ1) is 16.5. The second kappa shape index (κ2) is 10.3. The number of aromatic nitrogens is 1. The number of nitrogens with zero attached hydrogens (tertiary/aromatic N) is 2. The molecule has 34 heavy (non-hydrogen) atoms. The second-order valence-corrected chi connectivity index (χ2v) is 9.82. The summed E-state index contributed by atoms with van der Waals surface area (Å²) >= 11 is 0. The zero-order valence-corrected chi connectivity index (χ0v) is 20.8. The van der Waals surface area contributed by atoms with Crippen molar-refractivity contribution in [2.24, 2.45) is 5.41 Å². The molecule has 184 valence electrons. The Hall–Kier alpha value is -2.60. The molecule has 1 fully saturated rings. The molecule has 1 aromatic carbocycles. The third-order valence-electron chi connectivity index (χ3n) is 7.89. The van der Waals surface area contributed by atoms with Gasteiger partial charge in [0.1, 0.15) is 5.70 Å². The average molecular weight is 467 g/mol. The number of para-hydroxylation sites is 1. The minimum Gasteiger partial charge on any atom is -0.481 e. The predicted molar refractivity (Wildman–Crippen MR) is 135 cm³/mol. The van der Waals surface area contributed by atoms with Crippen molar-refractivity contribution in [2.75, 3.05) is 20.2 Å². The molecule has 1 aromatic heterocycles. The van der Waals surface area contributed by atoms with Gasteiger partial charge in [-0.2, -0.15) is 0 Å². The summed E-state index contributed by atoms with van der Waals surface area (Å²) in [7, 11) is 1.49. The topological polar surface area (TPSA) is 71.8 Å². The summed E-state index contributed by atoms with van der Waals surface area (Å²) in [6.07, 6.45) is 11.3. The number of fused-ring (bicyclic) bond motifs is 3. The van der Waals surface area contributed by atoms with E-state index in [1.165, 1.54) is 36.6 Å². The van der Waals surface area contributed by atoms with Crippen molar-refractivity contribution in [2.45, 2.75) is 77.7 Å². The van der Waals surface area contributed by atoms with Crippen LogP contribution in [0.2, 0.25) is 0 Å². The number of carboxylic acids is 1. The van der Waals surface area contributed by atoms with Crippen LogP contribution in [-0.4, -0.2) is 46.7 Å². The molecule has 6 heteroatoms. The normalized spacial score (nSPS) is 22.9. The van der Waals surface area contributed by atoms with Gasteiger partial charge >= 0.3 is 11.9 Å². The molecule has 2 atom stereocenters. The smallest absolute Gasteiger partial charge is 0.354 e. The van der Waals surface area contributed by atoms with Gasteiger partial charge in [0.05, 0.1) is 18.7 Å². The average Bonchev–Trinajstić information content (AvgIpc) is 3.20. The summed E-state index contributed by atoms with van der Waals surface area (Å²) in [6, 6.07) is 8.89. The minimum atomic E-state index is -0.675. The van der Waals surface area contributed by atoms with Gasteiger partial charge in [0, 0.05) is 29.5 Å². The highest BCUT2D eigenvalue weighted by Crippen LogP contribution is 2.57. The molecule has 0 radical (unpaired) electrons. The van der Waals surface area contributed by atoms with Crippen molar-refractivity contribution in [1.29, 1.82) is 0 Å². The van der Waals surface area contributed by atoms with Gasteiger partial charge in [0.15, 0.2) is 0 Å². The monoisotopic (exact) mass is 466 g/mol. The Balaban J connectivity index is 0.000000262. The van der Waals surface area contributed by atoms with Gasteiger partial charge in [-0.3, -0.25) is 9.69 Å². The quantitative estimate of drug-likeness (QED) is 0.412. The zero-order valence-electron chi connectivity index (χ0n) is 20.8. The Morgan fingerprint density at radius 2 is 1.94 bits per heavy atom. The van der Waals surface area contributed by atoms with Gasteiger partial charge in [0.2, 0.25) is 0 Å². The van der Waals surface area contributed by atoms with Gasteiger partial charge in [-0.25, -0.2) is 4.79 Å². The fourth-order valence-electron chi connectivity index (χ4n) is 6.24. The first-order valence-electron chi connectivity index (χ1n) is 12.9. The Morgan fingerprint density at radius 3 is 2.65 bits per heavy atom. The molecule has 0 bridgehead atoms. The number of piperidine rings is 1. The Labute approximate surface area is 202 Å². The molecule has 6 nitrogen and oxygen atoms in total. The number of carbonyl (C=O) groups is 2. The largest absolute Gasteiger partial charge is 0.481 e. The lowest BCUT2D eigenvalue weighted by molar-refractivity contribution is -0.137. The van der Waals surface area contributed by atoms with E-state index in [0.717, 1.165) is 57.1 Å². The molecule has 0 saturated carbocycles. The van der Waals surface area contributed by atoms with Crippen molar-refractivity contribution in [3.63, 3.8) is 0 Å². The highest BCUT2D eigenvalue weighted by molar-refractivity contribution is 6.13. The van der Waals surface area contributed by atoms with Crippen LogP contribution >= 0.6 is 0 Å². The number of hydrogen-bond acceptors (Lipinski definition) is 4. The van der Waals surface area contributed by atoms with Crippen LogP contribution in [0.1, 0.15) is 82.5 Å². The zero-order chi connectivity index (χ0) is 24.3. The molecule has 1 N–H and O–H groups in total. The number of esters is 1. The number of carbonyl (C=O) groups excluding carboxylic acids is 1. The number of aliphatic carboxylic acids is 1. The van der Waals surface area contributed by atoms with Crippen molar-refractivity contribution in [1.82, 2.24) is 9.47 Å².